The first-order valence-electron chi connectivity index (χ1n) is 7.65. The number of nitrogens with one attached hydrogen (secondary N) is 2. The van der Waals surface area contributed by atoms with Gasteiger partial charge < -0.3 is 10.1 Å². The zero-order chi connectivity index (χ0) is 17.2. The van der Waals surface area contributed by atoms with Crippen LogP contribution in [0.3, 0.4) is 0 Å². The summed E-state index contributed by atoms with van der Waals surface area (Å²) in [5.41, 5.74) is 2.28. The van der Waals surface area contributed by atoms with Crippen LogP contribution in [0.15, 0.2) is 41.5 Å². The molecule has 126 valence electrons. The Hall–Kier alpha value is -2.93. The fourth-order valence-electron chi connectivity index (χ4n) is 2.47. The number of rotatable bonds is 4. The molecule has 0 atom stereocenters. The smallest absolute Gasteiger partial charge is 0.219 e. The number of anilines is 2. The Bertz CT molecular complexity index is 939. The zero-order valence-corrected chi connectivity index (χ0v) is 13.7. The summed E-state index contributed by atoms with van der Waals surface area (Å²) in [7, 11) is 0. The van der Waals surface area contributed by atoms with Crippen molar-refractivity contribution in [2.45, 2.75) is 12.8 Å². The topological polar surface area (TPSA) is 75.2 Å². The first kappa shape index (κ1) is 15.6. The summed E-state index contributed by atoms with van der Waals surface area (Å²) in [6.45, 7) is 0. The fourth-order valence-corrected chi connectivity index (χ4v) is 2.58. The molecule has 0 saturated heterocycles. The van der Waals surface area contributed by atoms with Gasteiger partial charge in [0.05, 0.1) is 10.7 Å². The number of halogens is 2. The van der Waals surface area contributed by atoms with Crippen molar-refractivity contribution in [3.05, 3.63) is 53.1 Å². The van der Waals surface area contributed by atoms with Gasteiger partial charge >= 0.3 is 0 Å². The first-order chi connectivity index (χ1) is 12.2. The van der Waals surface area contributed by atoms with Gasteiger partial charge in [0.2, 0.25) is 5.88 Å². The van der Waals surface area contributed by atoms with Gasteiger partial charge in [0, 0.05) is 30.2 Å². The minimum Gasteiger partial charge on any atom is -0.436 e. The van der Waals surface area contributed by atoms with Crippen molar-refractivity contribution in [2.24, 2.45) is 4.99 Å². The zero-order valence-electron chi connectivity index (χ0n) is 13.0. The van der Waals surface area contributed by atoms with Crippen LogP contribution in [-0.2, 0) is 6.42 Å². The molecule has 2 aromatic heterocycles. The van der Waals surface area contributed by atoms with Crippen molar-refractivity contribution in [3.8, 4) is 11.6 Å². The van der Waals surface area contributed by atoms with E-state index in [9.17, 15) is 4.39 Å². The van der Waals surface area contributed by atoms with Crippen molar-refractivity contribution >= 4 is 35.0 Å². The van der Waals surface area contributed by atoms with E-state index in [0.29, 0.717) is 16.5 Å². The van der Waals surface area contributed by atoms with Crippen LogP contribution in [-0.4, -0.2) is 21.4 Å². The number of aryl methyl sites for hydroxylation is 1. The molecule has 0 aliphatic carbocycles. The molecule has 1 aromatic carbocycles. The number of aromatic amines is 1. The first-order valence-corrected chi connectivity index (χ1v) is 8.02. The van der Waals surface area contributed by atoms with Crippen LogP contribution in [0.4, 0.5) is 21.6 Å². The lowest BCUT2D eigenvalue weighted by Gasteiger charge is -2.09. The number of fused-ring (bicyclic) bond motifs is 1. The molecule has 0 bridgehead atoms. The highest BCUT2D eigenvalue weighted by molar-refractivity contribution is 6.30. The van der Waals surface area contributed by atoms with Gasteiger partial charge in [0.1, 0.15) is 5.69 Å². The van der Waals surface area contributed by atoms with E-state index in [1.54, 1.807) is 18.2 Å². The molecule has 4 rings (SSSR count). The number of pyridine rings is 1. The summed E-state index contributed by atoms with van der Waals surface area (Å²) < 4.78 is 19.7. The molecule has 3 aromatic rings. The van der Waals surface area contributed by atoms with Crippen LogP contribution < -0.4 is 10.1 Å². The van der Waals surface area contributed by atoms with Crippen LogP contribution in [0, 0.1) is 5.82 Å². The molecule has 8 heteroatoms. The minimum atomic E-state index is -0.519. The Morgan fingerprint density at radius 2 is 2.16 bits per heavy atom. The van der Waals surface area contributed by atoms with Crippen molar-refractivity contribution in [3.63, 3.8) is 0 Å². The highest BCUT2D eigenvalue weighted by atomic mass is 35.5. The van der Waals surface area contributed by atoms with Crippen LogP contribution in [0.1, 0.15) is 12.1 Å². The summed E-state index contributed by atoms with van der Waals surface area (Å²) in [5, 5.41) is 10.7. The highest BCUT2D eigenvalue weighted by Crippen LogP contribution is 2.33. The van der Waals surface area contributed by atoms with E-state index in [1.807, 2.05) is 6.21 Å². The minimum absolute atomic E-state index is 0.0717. The van der Waals surface area contributed by atoms with Gasteiger partial charge in [-0.15, -0.1) is 0 Å². The quantitative estimate of drug-likeness (QED) is 0.704. The molecule has 6 nitrogen and oxygen atoms in total. The number of nitrogens with zero attached hydrogens (tertiary/aromatic N) is 3. The van der Waals surface area contributed by atoms with Crippen molar-refractivity contribution in [1.82, 2.24) is 15.2 Å². The maximum Gasteiger partial charge on any atom is 0.219 e. The van der Waals surface area contributed by atoms with Gasteiger partial charge in [-0.25, -0.2) is 9.37 Å². The third kappa shape index (κ3) is 3.32. The second kappa shape index (κ2) is 6.52. The van der Waals surface area contributed by atoms with Gasteiger partial charge in [-0.05, 0) is 31.0 Å². The van der Waals surface area contributed by atoms with Gasteiger partial charge in [-0.2, -0.15) is 5.10 Å². The Kier molecular flexibility index (Phi) is 4.07. The molecular formula is C17H13ClFN5O. The van der Waals surface area contributed by atoms with E-state index in [0.717, 1.165) is 24.2 Å². The lowest BCUT2D eigenvalue weighted by Crippen LogP contribution is -1.96. The highest BCUT2D eigenvalue weighted by Gasteiger charge is 2.15. The summed E-state index contributed by atoms with van der Waals surface area (Å²) in [6, 6.07) is 7.75. The number of benzene rings is 1. The van der Waals surface area contributed by atoms with Gasteiger partial charge in [-0.1, -0.05) is 11.6 Å². The number of aliphatic imine (C=N–C) groups is 1. The molecule has 1 aliphatic heterocycles. The Morgan fingerprint density at radius 1 is 1.24 bits per heavy atom. The van der Waals surface area contributed by atoms with E-state index >= 15 is 0 Å². The molecule has 0 saturated carbocycles. The SMILES string of the molecule is Fc1cc(Nc2n[nH]c3c2N=CCC3)ccc1Oc1ccc(Cl)cn1. The number of hydrogen-bond acceptors (Lipinski definition) is 5. The van der Waals surface area contributed by atoms with Gasteiger partial charge in [-0.3, -0.25) is 10.1 Å². The monoisotopic (exact) mass is 357 g/mol. The maximum absolute atomic E-state index is 14.3. The average molecular weight is 358 g/mol. The second-order valence-corrected chi connectivity index (χ2v) is 5.87. The molecular weight excluding hydrogens is 345 g/mol. The van der Waals surface area contributed by atoms with Crippen LogP contribution in [0.5, 0.6) is 11.6 Å². The third-order valence-corrected chi connectivity index (χ3v) is 3.89. The Balaban J connectivity index is 1.53. The van der Waals surface area contributed by atoms with E-state index in [4.69, 9.17) is 16.3 Å². The fraction of sp³-hybridized carbons (Fsp3) is 0.118. The second-order valence-electron chi connectivity index (χ2n) is 5.44. The van der Waals surface area contributed by atoms with E-state index in [1.165, 1.54) is 18.3 Å². The summed E-state index contributed by atoms with van der Waals surface area (Å²) in [6.07, 6.45) is 5.03. The van der Waals surface area contributed by atoms with E-state index in [-0.39, 0.29) is 11.6 Å². The van der Waals surface area contributed by atoms with E-state index < -0.39 is 5.82 Å². The Labute approximate surface area is 147 Å². The number of H-pyrrole nitrogens is 1. The third-order valence-electron chi connectivity index (χ3n) is 3.67. The lowest BCUT2D eigenvalue weighted by atomic mass is 10.2. The average Bonchev–Trinajstić information content (AvgIpc) is 3.02. The molecule has 0 spiro atoms. The molecule has 25 heavy (non-hydrogen) atoms. The molecule has 1 aliphatic rings. The van der Waals surface area contributed by atoms with Crippen LogP contribution in [0.25, 0.3) is 0 Å². The molecule has 0 fully saturated rings. The summed E-state index contributed by atoms with van der Waals surface area (Å²) in [4.78, 5) is 8.31. The van der Waals surface area contributed by atoms with E-state index in [2.05, 4.69) is 25.5 Å². The Morgan fingerprint density at radius 3 is 2.96 bits per heavy atom. The van der Waals surface area contributed by atoms with Crippen molar-refractivity contribution in [2.75, 3.05) is 5.32 Å². The predicted molar refractivity (Wildman–Crippen MR) is 94.1 cm³/mol. The number of ether oxygens (including phenoxy) is 1. The lowest BCUT2D eigenvalue weighted by molar-refractivity contribution is 0.428. The van der Waals surface area contributed by atoms with Gasteiger partial charge in [0.15, 0.2) is 17.4 Å². The van der Waals surface area contributed by atoms with Crippen LogP contribution >= 0.6 is 11.6 Å². The molecule has 0 unspecified atom stereocenters. The molecule has 3 heterocycles. The summed E-state index contributed by atoms with van der Waals surface area (Å²) >= 11 is 5.77. The predicted octanol–water partition coefficient (Wildman–Crippen LogP) is 4.78. The van der Waals surface area contributed by atoms with Crippen LogP contribution in [0.2, 0.25) is 5.02 Å². The van der Waals surface area contributed by atoms with Crippen molar-refractivity contribution in [1.29, 1.82) is 0 Å². The van der Waals surface area contributed by atoms with Gasteiger partial charge in [0.25, 0.3) is 0 Å². The molecule has 0 radical (unpaired) electrons. The molecule has 2 N–H and O–H groups in total. The number of hydrogen-bond donors (Lipinski definition) is 2. The summed E-state index contributed by atoms with van der Waals surface area (Å²) in [5.74, 6) is 0.384. The normalized spacial score (nSPS) is 12.7. The van der Waals surface area contributed by atoms with Crippen molar-refractivity contribution < 1.29 is 9.13 Å². The largest absolute Gasteiger partial charge is 0.436 e. The maximum atomic E-state index is 14.3. The number of aromatic nitrogens is 3. The standard InChI is InChI=1S/C17H13ClFN5O/c18-10-3-6-15(21-9-10)25-14-5-4-11(8-12(14)19)22-17-16-13(23-24-17)2-1-7-20-16/h3-9H,1-2H2,(H2,22,23,24). The molecule has 0 amide bonds.